The molecule has 2 saturated heterocycles. The summed E-state index contributed by atoms with van der Waals surface area (Å²) in [5.74, 6) is 0.453. The number of rotatable bonds is 5. The number of aromatic nitrogens is 2. The van der Waals surface area contributed by atoms with Crippen LogP contribution in [0.1, 0.15) is 38.5 Å². The number of fused-ring (bicyclic) bond motifs is 1. The van der Waals surface area contributed by atoms with Crippen LogP contribution in [0.4, 0.5) is 0 Å². The minimum atomic E-state index is -0.0502. The van der Waals surface area contributed by atoms with Gasteiger partial charge in [-0.15, -0.1) is 0 Å². The fourth-order valence-electron chi connectivity index (χ4n) is 3.95. The summed E-state index contributed by atoms with van der Waals surface area (Å²) >= 11 is 1.37. The fraction of sp³-hybridized carbons (Fsp3) is 0.571. The van der Waals surface area contributed by atoms with Crippen molar-refractivity contribution < 1.29 is 9.53 Å². The van der Waals surface area contributed by atoms with Gasteiger partial charge in [-0.25, -0.2) is 4.98 Å². The molecule has 0 N–H and O–H groups in total. The van der Waals surface area contributed by atoms with Gasteiger partial charge in [-0.3, -0.25) is 14.2 Å². The second kappa shape index (κ2) is 9.09. The highest BCUT2D eigenvalue weighted by Crippen LogP contribution is 2.22. The minimum absolute atomic E-state index is 0.0429. The second-order valence-electron chi connectivity index (χ2n) is 7.55. The molecule has 3 heterocycles. The zero-order chi connectivity index (χ0) is 19.3. The van der Waals surface area contributed by atoms with E-state index < -0.39 is 0 Å². The first-order valence-electron chi connectivity index (χ1n) is 10.2. The van der Waals surface area contributed by atoms with E-state index >= 15 is 0 Å². The molecule has 0 bridgehead atoms. The van der Waals surface area contributed by atoms with Crippen LogP contribution in [0.5, 0.6) is 0 Å². The van der Waals surface area contributed by atoms with Gasteiger partial charge in [-0.2, -0.15) is 0 Å². The van der Waals surface area contributed by atoms with E-state index in [4.69, 9.17) is 9.72 Å². The lowest BCUT2D eigenvalue weighted by Crippen LogP contribution is -2.34. The number of benzene rings is 1. The predicted octanol–water partition coefficient (Wildman–Crippen LogP) is 3.07. The Morgan fingerprint density at radius 2 is 1.93 bits per heavy atom. The Morgan fingerprint density at radius 3 is 2.68 bits per heavy atom. The number of amides is 1. The third kappa shape index (κ3) is 4.41. The summed E-state index contributed by atoms with van der Waals surface area (Å²) < 4.78 is 7.45. The molecule has 0 spiro atoms. The summed E-state index contributed by atoms with van der Waals surface area (Å²) in [5, 5.41) is 1.23. The smallest absolute Gasteiger partial charge is 0.262 e. The molecule has 6 nitrogen and oxygen atoms in total. The number of nitrogens with zero attached hydrogens (tertiary/aromatic N) is 3. The predicted molar refractivity (Wildman–Crippen MR) is 111 cm³/mol. The van der Waals surface area contributed by atoms with Gasteiger partial charge in [0.2, 0.25) is 5.91 Å². The number of carbonyl (C=O) groups is 1. The lowest BCUT2D eigenvalue weighted by molar-refractivity contribution is -0.128. The molecule has 150 valence electrons. The van der Waals surface area contributed by atoms with Gasteiger partial charge in [-0.05, 0) is 37.8 Å². The molecular weight excluding hydrogens is 374 g/mol. The quantitative estimate of drug-likeness (QED) is 0.569. The maximum atomic E-state index is 13.1. The summed E-state index contributed by atoms with van der Waals surface area (Å²) in [6, 6.07) is 7.41. The minimum Gasteiger partial charge on any atom is -0.376 e. The molecule has 28 heavy (non-hydrogen) atoms. The van der Waals surface area contributed by atoms with Gasteiger partial charge in [0.1, 0.15) is 0 Å². The first-order valence-corrected chi connectivity index (χ1v) is 11.2. The van der Waals surface area contributed by atoms with Gasteiger partial charge in [-0.1, -0.05) is 36.7 Å². The van der Waals surface area contributed by atoms with Crippen LogP contribution in [0.25, 0.3) is 10.9 Å². The number of likely N-dealkylation sites (tertiary alicyclic amines) is 1. The topological polar surface area (TPSA) is 64.4 Å². The van der Waals surface area contributed by atoms with Crippen LogP contribution in [-0.4, -0.2) is 51.9 Å². The van der Waals surface area contributed by atoms with Crippen molar-refractivity contribution in [1.29, 1.82) is 0 Å². The number of carbonyl (C=O) groups excluding carboxylic acids is 1. The molecule has 2 fully saturated rings. The van der Waals surface area contributed by atoms with E-state index in [-0.39, 0.29) is 17.6 Å². The van der Waals surface area contributed by atoms with Crippen molar-refractivity contribution in [3.05, 3.63) is 34.6 Å². The number of thioether (sulfide) groups is 1. The lowest BCUT2D eigenvalue weighted by Gasteiger charge is -2.21. The van der Waals surface area contributed by atoms with Crippen LogP contribution in [0.3, 0.4) is 0 Å². The number of para-hydroxylation sites is 1. The first kappa shape index (κ1) is 19.5. The molecule has 1 aromatic carbocycles. The van der Waals surface area contributed by atoms with Crippen LogP contribution < -0.4 is 5.56 Å². The summed E-state index contributed by atoms with van der Waals surface area (Å²) in [6.07, 6.45) is 6.57. The van der Waals surface area contributed by atoms with Gasteiger partial charge in [0.25, 0.3) is 5.56 Å². The van der Waals surface area contributed by atoms with E-state index in [9.17, 15) is 9.59 Å². The molecule has 2 aliphatic rings. The molecular formula is C21H27N3O3S. The van der Waals surface area contributed by atoms with Gasteiger partial charge >= 0.3 is 0 Å². The zero-order valence-electron chi connectivity index (χ0n) is 16.1. The summed E-state index contributed by atoms with van der Waals surface area (Å²) in [5.41, 5.74) is 0.631. The largest absolute Gasteiger partial charge is 0.376 e. The van der Waals surface area contributed by atoms with Gasteiger partial charge in [0.15, 0.2) is 5.16 Å². The molecule has 7 heteroatoms. The average molecular weight is 402 g/mol. The van der Waals surface area contributed by atoms with Crippen molar-refractivity contribution in [2.45, 2.75) is 56.3 Å². The fourth-order valence-corrected chi connectivity index (χ4v) is 4.86. The Labute approximate surface area is 169 Å². The number of hydrogen-bond acceptors (Lipinski definition) is 5. The Kier molecular flexibility index (Phi) is 6.32. The molecule has 2 aromatic rings. The number of ether oxygens (including phenoxy) is 1. The van der Waals surface area contributed by atoms with Crippen LogP contribution in [0, 0.1) is 0 Å². The molecule has 1 atom stereocenters. The normalized spacial score (nSPS) is 20.4. The van der Waals surface area contributed by atoms with Crippen molar-refractivity contribution in [2.24, 2.45) is 0 Å². The molecule has 2 aliphatic heterocycles. The molecule has 4 rings (SSSR count). The highest BCUT2D eigenvalue weighted by molar-refractivity contribution is 7.99. The second-order valence-corrected chi connectivity index (χ2v) is 8.49. The van der Waals surface area contributed by atoms with Gasteiger partial charge in [0, 0.05) is 19.7 Å². The third-order valence-electron chi connectivity index (χ3n) is 5.52. The Morgan fingerprint density at radius 1 is 1.14 bits per heavy atom. The maximum absolute atomic E-state index is 13.1. The van der Waals surface area contributed by atoms with Crippen LogP contribution in [0.2, 0.25) is 0 Å². The van der Waals surface area contributed by atoms with Crippen molar-refractivity contribution in [3.8, 4) is 0 Å². The molecule has 1 unspecified atom stereocenters. The summed E-state index contributed by atoms with van der Waals surface area (Å²) in [6.45, 7) is 2.92. The summed E-state index contributed by atoms with van der Waals surface area (Å²) in [7, 11) is 0. The van der Waals surface area contributed by atoms with Crippen LogP contribution >= 0.6 is 11.8 Å². The lowest BCUT2D eigenvalue weighted by atomic mass is 10.2. The molecule has 1 aromatic heterocycles. The SMILES string of the molecule is O=C(CSc1nc2ccccc2c(=O)n1CC1CCCO1)N1CCCCCC1. The van der Waals surface area contributed by atoms with Gasteiger partial charge < -0.3 is 9.64 Å². The summed E-state index contributed by atoms with van der Waals surface area (Å²) in [4.78, 5) is 32.5. The average Bonchev–Trinajstić information content (AvgIpc) is 3.08. The van der Waals surface area contributed by atoms with Crippen molar-refractivity contribution >= 4 is 28.6 Å². The molecule has 1 amide bonds. The Bertz CT molecular complexity index is 884. The molecule has 0 radical (unpaired) electrons. The Hall–Kier alpha value is -1.86. The van der Waals surface area contributed by atoms with E-state index in [1.54, 1.807) is 4.57 Å². The van der Waals surface area contributed by atoms with Crippen LogP contribution in [0.15, 0.2) is 34.2 Å². The van der Waals surface area contributed by atoms with E-state index in [0.717, 1.165) is 45.4 Å². The Balaban J connectivity index is 1.57. The third-order valence-corrected chi connectivity index (χ3v) is 6.48. The monoisotopic (exact) mass is 401 g/mol. The van der Waals surface area contributed by atoms with E-state index in [1.807, 2.05) is 29.2 Å². The van der Waals surface area contributed by atoms with Crippen LogP contribution in [-0.2, 0) is 16.1 Å². The van der Waals surface area contributed by atoms with Crippen molar-refractivity contribution in [2.75, 3.05) is 25.4 Å². The number of hydrogen-bond donors (Lipinski definition) is 0. The zero-order valence-corrected chi connectivity index (χ0v) is 17.0. The van der Waals surface area contributed by atoms with Crippen molar-refractivity contribution in [1.82, 2.24) is 14.5 Å². The molecule has 0 saturated carbocycles. The van der Waals surface area contributed by atoms with E-state index in [1.165, 1.54) is 24.6 Å². The van der Waals surface area contributed by atoms with E-state index in [0.29, 0.717) is 28.4 Å². The van der Waals surface area contributed by atoms with E-state index in [2.05, 4.69) is 0 Å². The van der Waals surface area contributed by atoms with Crippen molar-refractivity contribution in [3.63, 3.8) is 0 Å². The molecule has 0 aliphatic carbocycles. The maximum Gasteiger partial charge on any atom is 0.262 e. The van der Waals surface area contributed by atoms with Gasteiger partial charge in [0.05, 0.1) is 29.3 Å². The highest BCUT2D eigenvalue weighted by atomic mass is 32.2. The first-order chi connectivity index (χ1) is 13.7. The standard InChI is InChI=1S/C21H27N3O3S/c25-19(23-11-5-1-2-6-12-23)15-28-21-22-18-10-4-3-9-17(18)20(26)24(21)14-16-8-7-13-27-16/h3-4,9-10,16H,1-2,5-8,11-15H2. The highest BCUT2D eigenvalue weighted by Gasteiger charge is 2.22.